The molecule has 0 amide bonds. The Kier molecular flexibility index (Phi) is 3.28. The molecule has 0 fully saturated rings. The van der Waals surface area contributed by atoms with E-state index in [2.05, 4.69) is 0 Å². The van der Waals surface area contributed by atoms with Crippen molar-refractivity contribution in [3.05, 3.63) is 0 Å². The molecule has 11 heteroatoms. The molecule has 0 aliphatic rings. The fourth-order valence-corrected chi connectivity index (χ4v) is 0.410. The second-order valence-electron chi connectivity index (χ2n) is 1.95. The lowest BCUT2D eigenvalue weighted by atomic mass is 10.2. The van der Waals surface area contributed by atoms with E-state index in [0.29, 0.717) is 0 Å². The van der Waals surface area contributed by atoms with Crippen molar-refractivity contribution in [3.63, 3.8) is 0 Å². The lowest BCUT2D eigenvalue weighted by Gasteiger charge is -2.30. The zero-order valence-corrected chi connectivity index (χ0v) is 5.76. The minimum atomic E-state index is -6.74. The normalized spacial score (nSPS) is 18.4. The van der Waals surface area contributed by atoms with Gasteiger partial charge in [0.25, 0.3) is 0 Å². The van der Waals surface area contributed by atoms with Crippen LogP contribution in [0.3, 0.4) is 0 Å². The molecule has 0 aliphatic heterocycles. The van der Waals surface area contributed by atoms with Gasteiger partial charge in [0, 0.05) is 0 Å². The van der Waals surface area contributed by atoms with Crippen LogP contribution in [0.4, 0.5) is 39.8 Å². The quantitative estimate of drug-likeness (QED) is 0.425. The topological polar surface area (TPSA) is 12.5 Å². The van der Waals surface area contributed by atoms with Crippen molar-refractivity contribution in [1.82, 2.24) is 5.34 Å². The monoisotopic (exact) mass is 237 g/mol. The molecule has 0 saturated carbocycles. The summed E-state index contributed by atoms with van der Waals surface area (Å²) in [6.45, 7) is 0. The van der Waals surface area contributed by atoms with E-state index >= 15 is 0 Å². The van der Waals surface area contributed by atoms with Crippen LogP contribution in [0, 0.1) is 0 Å². The van der Waals surface area contributed by atoms with Gasteiger partial charge in [-0.1, -0.05) is 8.96 Å². The van der Waals surface area contributed by atoms with Crippen molar-refractivity contribution in [2.24, 2.45) is 0 Å². The van der Waals surface area contributed by atoms with Crippen LogP contribution in [-0.2, 0) is 4.94 Å². The van der Waals surface area contributed by atoms with Gasteiger partial charge in [0.05, 0.1) is 5.34 Å². The van der Waals surface area contributed by atoms with Crippen molar-refractivity contribution in [1.29, 1.82) is 0 Å². The molecule has 86 valence electrons. The molecule has 1 unspecified atom stereocenters. The fraction of sp³-hybridized carbons (Fsp3) is 1.00. The minimum Gasteiger partial charge on any atom is -0.200 e. The maximum absolute atomic E-state index is 12.1. The molecule has 1 atom stereocenters. The van der Waals surface area contributed by atoms with Crippen LogP contribution in [0.5, 0.6) is 0 Å². The smallest absolute Gasteiger partial charge is 0.200 e. The predicted octanol–water partition coefficient (Wildman–Crippen LogP) is 2.78. The van der Waals surface area contributed by atoms with E-state index in [9.17, 15) is 39.8 Å². The van der Waals surface area contributed by atoms with E-state index in [1.165, 1.54) is 4.94 Å². The molecule has 0 bridgehead atoms. The Balaban J connectivity index is 5.33. The van der Waals surface area contributed by atoms with Crippen LogP contribution < -0.4 is 0 Å². The molecule has 14 heavy (non-hydrogen) atoms. The molecule has 0 heterocycles. The average Bonchev–Trinajstić information content (AvgIpc) is 2.00. The maximum atomic E-state index is 12.1. The summed E-state index contributed by atoms with van der Waals surface area (Å²) in [5.74, 6) is -6.55. The number of rotatable bonds is 3. The predicted molar refractivity (Wildman–Crippen MR) is 21.1 cm³/mol. The zero-order valence-electron chi connectivity index (χ0n) is 5.76. The molecule has 0 aromatic heterocycles. The number of nitrogens with zero attached hydrogens (tertiary/aromatic N) is 1. The SMILES string of the molecule is FOC(F)(F)C(F)(N(F)F)C(F)(F)F. The molecule has 0 rings (SSSR count). The van der Waals surface area contributed by atoms with Crippen molar-refractivity contribution in [2.75, 3.05) is 0 Å². The van der Waals surface area contributed by atoms with E-state index < -0.39 is 23.4 Å². The average molecular weight is 237 g/mol. The first-order valence-electron chi connectivity index (χ1n) is 2.55. The maximum Gasteiger partial charge on any atom is 0.451 e. The fourth-order valence-electron chi connectivity index (χ4n) is 0.410. The number of alkyl halides is 6. The highest BCUT2D eigenvalue weighted by atomic mass is 19.4. The van der Waals surface area contributed by atoms with Gasteiger partial charge < -0.3 is 0 Å². The standard InChI is InChI=1S/C3F9NO/c4-1(13(10)11,2(5,6)7)3(8,9)14-12. The summed E-state index contributed by atoms with van der Waals surface area (Å²) in [6, 6.07) is 0. The zero-order chi connectivity index (χ0) is 11.8. The van der Waals surface area contributed by atoms with Crippen molar-refractivity contribution >= 4 is 0 Å². The molecular weight excluding hydrogens is 237 g/mol. The van der Waals surface area contributed by atoms with Crippen LogP contribution in [0.1, 0.15) is 0 Å². The molecule has 0 saturated heterocycles. The molecule has 0 N–H and O–H groups in total. The highest BCUT2D eigenvalue weighted by molar-refractivity contribution is 4.89. The van der Waals surface area contributed by atoms with Crippen molar-refractivity contribution in [2.45, 2.75) is 18.1 Å². The van der Waals surface area contributed by atoms with E-state index in [0.717, 1.165) is 0 Å². The number of halogens is 9. The Bertz CT molecular complexity index is 201. The Morgan fingerprint density at radius 1 is 0.857 bits per heavy atom. The van der Waals surface area contributed by atoms with E-state index in [-0.39, 0.29) is 0 Å². The van der Waals surface area contributed by atoms with Crippen LogP contribution in [0.15, 0.2) is 0 Å². The summed E-state index contributed by atoms with van der Waals surface area (Å²) in [7, 11) is 0. The molecule has 0 aliphatic carbocycles. The van der Waals surface area contributed by atoms with Gasteiger partial charge in [0.2, 0.25) is 0 Å². The second kappa shape index (κ2) is 3.46. The van der Waals surface area contributed by atoms with Gasteiger partial charge in [-0.25, -0.2) is 4.39 Å². The van der Waals surface area contributed by atoms with Gasteiger partial charge in [-0.05, 0) is 4.53 Å². The summed E-state index contributed by atoms with van der Waals surface area (Å²) in [5.41, 5.74) is 0. The highest BCUT2D eigenvalue weighted by Gasteiger charge is 2.79. The largest absolute Gasteiger partial charge is 0.451 e. The van der Waals surface area contributed by atoms with E-state index in [4.69, 9.17) is 0 Å². The summed E-state index contributed by atoms with van der Waals surface area (Å²) in [5, 5.41) is -3.52. The third kappa shape index (κ3) is 1.73. The minimum absolute atomic E-state index is 1.24. The second-order valence-corrected chi connectivity index (χ2v) is 1.95. The summed E-state index contributed by atoms with van der Waals surface area (Å²) in [6.07, 6.45) is -13.1. The van der Waals surface area contributed by atoms with E-state index in [1.807, 2.05) is 0 Å². The number of hydrogen-bond acceptors (Lipinski definition) is 2. The first-order chi connectivity index (χ1) is 6.00. The lowest BCUT2D eigenvalue weighted by molar-refractivity contribution is -0.510. The third-order valence-electron chi connectivity index (χ3n) is 1.09. The molecule has 0 radical (unpaired) electrons. The Hall–Kier alpha value is -0.710. The first-order valence-corrected chi connectivity index (χ1v) is 2.55. The van der Waals surface area contributed by atoms with Crippen LogP contribution in [0.25, 0.3) is 0 Å². The van der Waals surface area contributed by atoms with Crippen LogP contribution in [-0.4, -0.2) is 23.4 Å². The Morgan fingerprint density at radius 3 is 1.29 bits per heavy atom. The van der Waals surface area contributed by atoms with Crippen molar-refractivity contribution < 1.29 is 44.8 Å². The lowest BCUT2D eigenvalue weighted by Crippen LogP contribution is -2.61. The summed E-state index contributed by atoms with van der Waals surface area (Å²) >= 11 is 0. The van der Waals surface area contributed by atoms with Gasteiger partial charge in [0.1, 0.15) is 0 Å². The van der Waals surface area contributed by atoms with Gasteiger partial charge in [-0.3, -0.25) is 0 Å². The summed E-state index contributed by atoms with van der Waals surface area (Å²) < 4.78 is 103. The van der Waals surface area contributed by atoms with E-state index in [1.54, 1.807) is 0 Å². The van der Waals surface area contributed by atoms with Gasteiger partial charge >= 0.3 is 18.1 Å². The molecule has 0 aromatic rings. The Labute approximate surface area is 69.6 Å². The molecular formula is C3F9NO. The highest BCUT2D eigenvalue weighted by Crippen LogP contribution is 2.48. The van der Waals surface area contributed by atoms with Gasteiger partial charge in [-0.2, -0.15) is 22.0 Å². The van der Waals surface area contributed by atoms with Gasteiger partial charge in [0.15, 0.2) is 0 Å². The van der Waals surface area contributed by atoms with Gasteiger partial charge in [-0.15, -0.1) is 4.94 Å². The molecule has 2 nitrogen and oxygen atoms in total. The Morgan fingerprint density at radius 2 is 1.21 bits per heavy atom. The van der Waals surface area contributed by atoms with Crippen LogP contribution in [0.2, 0.25) is 0 Å². The molecule has 0 aromatic carbocycles. The number of hydrogen-bond donors (Lipinski definition) is 0. The van der Waals surface area contributed by atoms with Crippen LogP contribution >= 0.6 is 0 Å². The third-order valence-corrected chi connectivity index (χ3v) is 1.09. The van der Waals surface area contributed by atoms with Crippen molar-refractivity contribution in [3.8, 4) is 0 Å². The molecule has 0 spiro atoms. The first kappa shape index (κ1) is 13.3. The summed E-state index contributed by atoms with van der Waals surface area (Å²) in [4.78, 5) is 1.24.